The van der Waals surface area contributed by atoms with Crippen LogP contribution in [0, 0.1) is 13.8 Å². The van der Waals surface area contributed by atoms with Gasteiger partial charge >= 0.3 is 0 Å². The van der Waals surface area contributed by atoms with Crippen molar-refractivity contribution in [1.82, 2.24) is 19.5 Å². The number of carbonyl (C=O) groups excluding carboxylic acids is 1. The van der Waals surface area contributed by atoms with E-state index in [0.29, 0.717) is 42.9 Å². The van der Waals surface area contributed by atoms with Crippen molar-refractivity contribution >= 4 is 22.5 Å². The fraction of sp³-hybridized carbons (Fsp3) is 0.318. The summed E-state index contributed by atoms with van der Waals surface area (Å²) in [6.45, 7) is 4.55. The number of aryl methyl sites for hydroxylation is 3. The van der Waals surface area contributed by atoms with Crippen LogP contribution in [0.25, 0.3) is 16.6 Å². The predicted octanol–water partition coefficient (Wildman–Crippen LogP) is 2.96. The molecule has 0 fully saturated rings. The van der Waals surface area contributed by atoms with E-state index in [1.165, 1.54) is 4.68 Å². The van der Waals surface area contributed by atoms with E-state index in [1.807, 2.05) is 48.6 Å². The lowest BCUT2D eigenvalue weighted by Crippen LogP contribution is -2.27. The van der Waals surface area contributed by atoms with Crippen molar-refractivity contribution in [2.45, 2.75) is 39.8 Å². The fourth-order valence-corrected chi connectivity index (χ4v) is 3.59. The Balaban J connectivity index is 1.38. The number of aromatic nitrogens is 3. The van der Waals surface area contributed by atoms with E-state index in [4.69, 9.17) is 9.15 Å². The molecule has 30 heavy (non-hydrogen) atoms. The molecule has 0 radical (unpaired) electrons. The summed E-state index contributed by atoms with van der Waals surface area (Å²) in [6, 6.07) is 11.2. The van der Waals surface area contributed by atoms with E-state index in [0.717, 1.165) is 22.6 Å². The Morgan fingerprint density at radius 3 is 2.67 bits per heavy atom. The first kappa shape index (κ1) is 19.8. The quantitative estimate of drug-likeness (QED) is 0.508. The smallest absolute Gasteiger partial charge is 0.291 e. The van der Waals surface area contributed by atoms with E-state index >= 15 is 0 Å². The summed E-state index contributed by atoms with van der Waals surface area (Å²) in [5, 5.41) is 7.31. The standard InChI is InChI=1S/C22H24N4O4/c1-14-11-18-20(30-14)12-19-22(28)25(24-15(2)26(18)19)10-4-5-21(27)23-13-16-6-8-17(29-3)9-7-16/h6-9,11-12H,4-5,10,13H2,1-3H3,(H,23,27). The average molecular weight is 408 g/mol. The SMILES string of the molecule is COc1ccc(CNC(=O)CCCn2nc(C)n3c(cc4oc(C)cc43)c2=O)cc1. The molecule has 0 aliphatic carbocycles. The molecular formula is C22H24N4O4. The number of nitrogens with one attached hydrogen (secondary N) is 1. The van der Waals surface area contributed by atoms with E-state index in [1.54, 1.807) is 13.2 Å². The molecule has 8 nitrogen and oxygen atoms in total. The van der Waals surface area contributed by atoms with Gasteiger partial charge in [0.25, 0.3) is 5.56 Å². The highest BCUT2D eigenvalue weighted by Gasteiger charge is 2.15. The molecule has 1 N–H and O–H groups in total. The Bertz CT molecular complexity index is 1260. The van der Waals surface area contributed by atoms with Gasteiger partial charge in [-0.25, -0.2) is 4.68 Å². The Morgan fingerprint density at radius 1 is 1.17 bits per heavy atom. The summed E-state index contributed by atoms with van der Waals surface area (Å²) in [4.78, 5) is 24.9. The predicted molar refractivity (Wildman–Crippen MR) is 113 cm³/mol. The summed E-state index contributed by atoms with van der Waals surface area (Å²) in [6.07, 6.45) is 0.837. The number of benzene rings is 1. The Labute approximate surface area is 173 Å². The van der Waals surface area contributed by atoms with Gasteiger partial charge in [0, 0.05) is 31.6 Å². The molecular weight excluding hydrogens is 384 g/mol. The first-order valence-electron chi connectivity index (χ1n) is 9.85. The van der Waals surface area contributed by atoms with Crippen LogP contribution in [0.2, 0.25) is 0 Å². The average Bonchev–Trinajstić information content (AvgIpc) is 3.26. The largest absolute Gasteiger partial charge is 0.497 e. The minimum Gasteiger partial charge on any atom is -0.497 e. The van der Waals surface area contributed by atoms with Crippen LogP contribution in [0.1, 0.15) is 30.0 Å². The molecule has 4 aromatic rings. The second kappa shape index (κ2) is 8.06. The molecule has 0 unspecified atom stereocenters. The number of hydrogen-bond acceptors (Lipinski definition) is 5. The zero-order valence-electron chi connectivity index (χ0n) is 17.3. The number of amides is 1. The molecule has 1 amide bonds. The third kappa shape index (κ3) is 3.80. The normalized spacial score (nSPS) is 11.3. The Hall–Kier alpha value is -3.55. The number of ether oxygens (including phenoxy) is 1. The van der Waals surface area contributed by atoms with Crippen LogP contribution in [0.5, 0.6) is 5.75 Å². The molecule has 8 heteroatoms. The van der Waals surface area contributed by atoms with Crippen molar-refractivity contribution in [3.8, 4) is 5.75 Å². The van der Waals surface area contributed by atoms with Gasteiger partial charge in [-0.1, -0.05) is 12.1 Å². The van der Waals surface area contributed by atoms with Crippen LogP contribution in [0.3, 0.4) is 0 Å². The lowest BCUT2D eigenvalue weighted by atomic mass is 10.2. The first-order valence-corrected chi connectivity index (χ1v) is 9.85. The zero-order chi connectivity index (χ0) is 21.3. The van der Waals surface area contributed by atoms with Crippen LogP contribution in [0.4, 0.5) is 0 Å². The molecule has 0 spiro atoms. The maximum absolute atomic E-state index is 12.8. The third-order valence-corrected chi connectivity index (χ3v) is 5.08. The molecule has 0 aliphatic rings. The van der Waals surface area contributed by atoms with Crippen molar-refractivity contribution in [2.75, 3.05) is 7.11 Å². The second-order valence-corrected chi connectivity index (χ2v) is 7.28. The molecule has 0 bridgehead atoms. The van der Waals surface area contributed by atoms with E-state index in [-0.39, 0.29) is 11.5 Å². The highest BCUT2D eigenvalue weighted by atomic mass is 16.5. The van der Waals surface area contributed by atoms with Gasteiger partial charge in [0.05, 0.1) is 12.6 Å². The molecule has 3 aromatic heterocycles. The molecule has 3 heterocycles. The number of rotatable bonds is 7. The third-order valence-electron chi connectivity index (χ3n) is 5.08. The fourth-order valence-electron chi connectivity index (χ4n) is 3.59. The van der Waals surface area contributed by atoms with Crippen LogP contribution < -0.4 is 15.6 Å². The number of carbonyl (C=O) groups is 1. The molecule has 0 saturated carbocycles. The van der Waals surface area contributed by atoms with Gasteiger partial charge in [0.15, 0.2) is 5.58 Å². The first-order chi connectivity index (χ1) is 14.5. The molecule has 0 atom stereocenters. The Morgan fingerprint density at radius 2 is 1.93 bits per heavy atom. The van der Waals surface area contributed by atoms with Gasteiger partial charge in [0.2, 0.25) is 5.91 Å². The lowest BCUT2D eigenvalue weighted by molar-refractivity contribution is -0.121. The van der Waals surface area contributed by atoms with E-state index in [2.05, 4.69) is 10.4 Å². The van der Waals surface area contributed by atoms with Crippen LogP contribution in [-0.4, -0.2) is 27.2 Å². The maximum atomic E-state index is 12.8. The number of nitrogens with zero attached hydrogens (tertiary/aromatic N) is 3. The topological polar surface area (TPSA) is 90.8 Å². The molecule has 0 aliphatic heterocycles. The van der Waals surface area contributed by atoms with Crippen molar-refractivity contribution in [3.05, 3.63) is 63.9 Å². The number of hydrogen-bond donors (Lipinski definition) is 1. The lowest BCUT2D eigenvalue weighted by Gasteiger charge is -2.09. The Kier molecular flexibility index (Phi) is 5.31. The molecule has 1 aromatic carbocycles. The van der Waals surface area contributed by atoms with Gasteiger partial charge < -0.3 is 14.5 Å². The summed E-state index contributed by atoms with van der Waals surface area (Å²) < 4.78 is 14.0. The van der Waals surface area contributed by atoms with Crippen molar-refractivity contribution in [3.63, 3.8) is 0 Å². The maximum Gasteiger partial charge on any atom is 0.291 e. The van der Waals surface area contributed by atoms with Gasteiger partial charge in [0.1, 0.15) is 22.9 Å². The molecule has 156 valence electrons. The van der Waals surface area contributed by atoms with Gasteiger partial charge in [-0.05, 0) is 38.0 Å². The minimum absolute atomic E-state index is 0.0626. The second-order valence-electron chi connectivity index (χ2n) is 7.28. The van der Waals surface area contributed by atoms with Gasteiger partial charge in [-0.3, -0.25) is 14.0 Å². The van der Waals surface area contributed by atoms with Gasteiger partial charge in [-0.15, -0.1) is 0 Å². The minimum atomic E-state index is -0.191. The summed E-state index contributed by atoms with van der Waals surface area (Å²) in [7, 11) is 1.62. The number of methoxy groups -OCH3 is 1. The van der Waals surface area contributed by atoms with Crippen LogP contribution in [0.15, 0.2) is 45.6 Å². The highest BCUT2D eigenvalue weighted by Crippen LogP contribution is 2.22. The van der Waals surface area contributed by atoms with Crippen molar-refractivity contribution in [1.29, 1.82) is 0 Å². The van der Waals surface area contributed by atoms with Crippen molar-refractivity contribution in [2.24, 2.45) is 0 Å². The number of fused-ring (bicyclic) bond motifs is 3. The molecule has 0 saturated heterocycles. The summed E-state index contributed by atoms with van der Waals surface area (Å²) >= 11 is 0. The number of furan rings is 1. The van der Waals surface area contributed by atoms with Crippen molar-refractivity contribution < 1.29 is 13.9 Å². The highest BCUT2D eigenvalue weighted by molar-refractivity contribution is 5.83. The summed E-state index contributed by atoms with van der Waals surface area (Å²) in [5.41, 5.74) is 2.85. The van der Waals surface area contributed by atoms with E-state index in [9.17, 15) is 9.59 Å². The van der Waals surface area contributed by atoms with Crippen LogP contribution in [-0.2, 0) is 17.9 Å². The molecule has 4 rings (SSSR count). The zero-order valence-corrected chi connectivity index (χ0v) is 17.3. The van der Waals surface area contributed by atoms with Gasteiger partial charge in [-0.2, -0.15) is 5.10 Å². The summed E-state index contributed by atoms with van der Waals surface area (Å²) in [5.74, 6) is 2.21. The van der Waals surface area contributed by atoms with Crippen LogP contribution >= 0.6 is 0 Å². The monoisotopic (exact) mass is 408 g/mol. The van der Waals surface area contributed by atoms with E-state index < -0.39 is 0 Å².